The normalized spacial score (nSPS) is 22.2. The molecule has 0 spiro atoms. The Hall–Kier alpha value is -2.62. The summed E-state index contributed by atoms with van der Waals surface area (Å²) >= 11 is 2.16. The molecule has 2 atom stereocenters. The lowest BCUT2D eigenvalue weighted by molar-refractivity contribution is -0.139. The van der Waals surface area contributed by atoms with Gasteiger partial charge in [0.05, 0.1) is 3.57 Å². The molecule has 3 aliphatic rings. The molecule has 156 valence electrons. The first-order chi connectivity index (χ1) is 14.3. The first-order valence-corrected chi connectivity index (χ1v) is 10.7. The van der Waals surface area contributed by atoms with Gasteiger partial charge in [0.1, 0.15) is 11.8 Å². The van der Waals surface area contributed by atoms with Crippen LogP contribution in [0, 0.1) is 9.49 Å². The highest BCUT2D eigenvalue weighted by molar-refractivity contribution is 14.1. The van der Waals surface area contributed by atoms with Crippen molar-refractivity contribution in [3.8, 4) is 5.75 Å². The number of ether oxygens (including phenoxy) is 2. The molecule has 2 aliphatic heterocycles. The maximum Gasteiger partial charge on any atom is 0.336 e. The SMILES string of the molecule is CNC(=O)COc1ccc(C2C=CC=C3C(=O)N4C(=C32)OC(=O)C4C(C)C)cc1I. The number of allylic oxidation sites excluding steroid dienone is 3. The summed E-state index contributed by atoms with van der Waals surface area (Å²) in [7, 11) is 1.56. The second-order valence-corrected chi connectivity index (χ2v) is 8.76. The van der Waals surface area contributed by atoms with Gasteiger partial charge in [0.15, 0.2) is 6.61 Å². The van der Waals surface area contributed by atoms with E-state index in [1.165, 1.54) is 4.90 Å². The number of benzene rings is 1. The lowest BCUT2D eigenvalue weighted by atomic mass is 9.84. The molecule has 1 aliphatic carbocycles. The molecule has 1 aromatic carbocycles. The summed E-state index contributed by atoms with van der Waals surface area (Å²) in [5.74, 6) is -0.121. The van der Waals surface area contributed by atoms with Crippen LogP contribution in [-0.4, -0.2) is 42.4 Å². The minimum absolute atomic E-state index is 0.0515. The van der Waals surface area contributed by atoms with Crippen molar-refractivity contribution in [2.75, 3.05) is 13.7 Å². The van der Waals surface area contributed by atoms with E-state index >= 15 is 0 Å². The third-order valence-electron chi connectivity index (χ3n) is 5.37. The van der Waals surface area contributed by atoms with E-state index in [2.05, 4.69) is 27.9 Å². The predicted octanol–water partition coefficient (Wildman–Crippen LogP) is 2.63. The van der Waals surface area contributed by atoms with E-state index in [0.29, 0.717) is 22.8 Å². The topological polar surface area (TPSA) is 84.9 Å². The fraction of sp³-hybridized carbons (Fsp3) is 0.318. The Morgan fingerprint density at radius 2 is 2.10 bits per heavy atom. The number of carbonyl (C=O) groups is 3. The number of nitrogens with one attached hydrogen (secondary N) is 1. The fourth-order valence-corrected chi connectivity index (χ4v) is 4.61. The number of likely N-dealkylation sites (N-methyl/N-ethyl adjacent to an activating group) is 1. The summed E-state index contributed by atoms with van der Waals surface area (Å²) in [6.45, 7) is 3.74. The van der Waals surface area contributed by atoms with Crippen molar-refractivity contribution in [2.24, 2.45) is 5.92 Å². The van der Waals surface area contributed by atoms with E-state index in [1.807, 2.05) is 44.2 Å². The van der Waals surface area contributed by atoms with Gasteiger partial charge in [0.25, 0.3) is 11.8 Å². The molecule has 0 aromatic heterocycles. The number of nitrogens with zero attached hydrogens (tertiary/aromatic N) is 1. The minimum Gasteiger partial charge on any atom is -0.483 e. The van der Waals surface area contributed by atoms with Crippen LogP contribution in [0.1, 0.15) is 25.3 Å². The highest BCUT2D eigenvalue weighted by Crippen LogP contribution is 2.47. The van der Waals surface area contributed by atoms with Crippen molar-refractivity contribution in [1.29, 1.82) is 0 Å². The van der Waals surface area contributed by atoms with E-state index in [-0.39, 0.29) is 36.2 Å². The lowest BCUT2D eigenvalue weighted by Gasteiger charge is -2.20. The second-order valence-electron chi connectivity index (χ2n) is 7.60. The molecule has 4 rings (SSSR count). The van der Waals surface area contributed by atoms with Crippen LogP contribution in [0.4, 0.5) is 0 Å². The van der Waals surface area contributed by atoms with Crippen LogP contribution < -0.4 is 10.1 Å². The third-order valence-corrected chi connectivity index (χ3v) is 6.21. The Morgan fingerprint density at radius 1 is 1.33 bits per heavy atom. The predicted molar refractivity (Wildman–Crippen MR) is 117 cm³/mol. The number of hydrogen-bond acceptors (Lipinski definition) is 5. The zero-order chi connectivity index (χ0) is 21.6. The summed E-state index contributed by atoms with van der Waals surface area (Å²) < 4.78 is 12.0. The Labute approximate surface area is 187 Å². The quantitative estimate of drug-likeness (QED) is 0.477. The monoisotopic (exact) mass is 520 g/mol. The van der Waals surface area contributed by atoms with Crippen LogP contribution in [0.15, 0.2) is 53.5 Å². The van der Waals surface area contributed by atoms with E-state index in [9.17, 15) is 14.4 Å². The van der Waals surface area contributed by atoms with Crippen LogP contribution in [0.25, 0.3) is 0 Å². The molecule has 30 heavy (non-hydrogen) atoms. The Bertz CT molecular complexity index is 1040. The maximum absolute atomic E-state index is 13.0. The number of amides is 2. The standard InChI is InChI=1S/C22H21IN2O5/c1-11(2)19-22(28)30-21-18-13(5-4-6-14(18)20(27)25(19)21)12-7-8-16(15(23)9-12)29-10-17(26)24-3/h4-9,11,13,19H,10H2,1-3H3,(H,24,26). The molecule has 0 radical (unpaired) electrons. The second kappa shape index (κ2) is 7.90. The zero-order valence-corrected chi connectivity index (χ0v) is 18.9. The van der Waals surface area contributed by atoms with Crippen molar-refractivity contribution >= 4 is 40.4 Å². The molecule has 0 saturated carbocycles. The number of esters is 1. The summed E-state index contributed by atoms with van der Waals surface area (Å²) in [5, 5.41) is 2.52. The molecule has 1 N–H and O–H groups in total. The first-order valence-electron chi connectivity index (χ1n) is 9.64. The van der Waals surface area contributed by atoms with E-state index in [1.54, 1.807) is 13.1 Å². The van der Waals surface area contributed by atoms with Crippen LogP contribution in [0.2, 0.25) is 0 Å². The average Bonchev–Trinajstić information content (AvgIpc) is 3.20. The van der Waals surface area contributed by atoms with Gasteiger partial charge in [-0.05, 0) is 52.3 Å². The minimum atomic E-state index is -0.604. The largest absolute Gasteiger partial charge is 0.483 e. The number of halogens is 1. The van der Waals surface area contributed by atoms with Crippen LogP contribution in [0.3, 0.4) is 0 Å². The molecule has 1 fully saturated rings. The molecular formula is C22H21IN2O5. The van der Waals surface area contributed by atoms with Gasteiger partial charge in [-0.3, -0.25) is 14.5 Å². The number of hydrogen-bond donors (Lipinski definition) is 1. The molecule has 2 heterocycles. The summed E-state index contributed by atoms with van der Waals surface area (Å²) in [5.41, 5.74) is 2.22. The lowest BCUT2D eigenvalue weighted by Crippen LogP contribution is -2.39. The maximum atomic E-state index is 13.0. The van der Waals surface area contributed by atoms with Gasteiger partial charge in [-0.25, -0.2) is 4.79 Å². The van der Waals surface area contributed by atoms with Crippen molar-refractivity contribution in [1.82, 2.24) is 10.2 Å². The van der Waals surface area contributed by atoms with Gasteiger partial charge in [-0.15, -0.1) is 0 Å². The number of rotatable bonds is 5. The summed E-state index contributed by atoms with van der Waals surface area (Å²) in [6, 6.07) is 5.06. The van der Waals surface area contributed by atoms with Crippen LogP contribution >= 0.6 is 22.6 Å². The molecule has 2 unspecified atom stereocenters. The van der Waals surface area contributed by atoms with Gasteiger partial charge < -0.3 is 14.8 Å². The molecule has 2 amide bonds. The zero-order valence-electron chi connectivity index (χ0n) is 16.8. The average molecular weight is 520 g/mol. The molecule has 0 bridgehead atoms. The van der Waals surface area contributed by atoms with Crippen molar-refractivity contribution in [2.45, 2.75) is 25.8 Å². The van der Waals surface area contributed by atoms with Gasteiger partial charge in [0.2, 0.25) is 5.88 Å². The molecular weight excluding hydrogens is 499 g/mol. The van der Waals surface area contributed by atoms with Gasteiger partial charge in [-0.2, -0.15) is 0 Å². The summed E-state index contributed by atoms with van der Waals surface area (Å²) in [6.07, 6.45) is 5.62. The molecule has 1 saturated heterocycles. The van der Waals surface area contributed by atoms with E-state index < -0.39 is 6.04 Å². The van der Waals surface area contributed by atoms with Crippen molar-refractivity contribution in [3.05, 3.63) is 62.6 Å². The number of fused-ring (bicyclic) bond motifs is 2. The van der Waals surface area contributed by atoms with Crippen molar-refractivity contribution in [3.63, 3.8) is 0 Å². The van der Waals surface area contributed by atoms with E-state index in [0.717, 1.165) is 9.13 Å². The molecule has 1 aromatic rings. The Kier molecular flexibility index (Phi) is 5.44. The smallest absolute Gasteiger partial charge is 0.336 e. The summed E-state index contributed by atoms with van der Waals surface area (Å²) in [4.78, 5) is 38.4. The highest BCUT2D eigenvalue weighted by Gasteiger charge is 2.52. The third kappa shape index (κ3) is 3.32. The Balaban J connectivity index is 1.69. The van der Waals surface area contributed by atoms with Crippen LogP contribution in [0.5, 0.6) is 5.75 Å². The van der Waals surface area contributed by atoms with Gasteiger partial charge >= 0.3 is 5.97 Å². The Morgan fingerprint density at radius 3 is 2.77 bits per heavy atom. The van der Waals surface area contributed by atoms with Gasteiger partial charge in [0, 0.05) is 24.1 Å². The number of carbonyl (C=O) groups excluding carboxylic acids is 3. The first kappa shape index (κ1) is 20.6. The molecule has 8 heteroatoms. The van der Waals surface area contributed by atoms with Gasteiger partial charge in [-0.1, -0.05) is 32.1 Å². The molecule has 7 nitrogen and oxygen atoms in total. The van der Waals surface area contributed by atoms with E-state index in [4.69, 9.17) is 9.47 Å². The van der Waals surface area contributed by atoms with Crippen LogP contribution in [-0.2, 0) is 19.1 Å². The fourth-order valence-electron chi connectivity index (χ4n) is 3.91. The highest BCUT2D eigenvalue weighted by atomic mass is 127. The van der Waals surface area contributed by atoms with Crippen molar-refractivity contribution < 1.29 is 23.9 Å².